The van der Waals surface area contributed by atoms with Crippen molar-refractivity contribution in [2.24, 2.45) is 0 Å². The Labute approximate surface area is 143 Å². The number of imidazole rings is 1. The van der Waals surface area contributed by atoms with Crippen molar-refractivity contribution in [3.63, 3.8) is 0 Å². The van der Waals surface area contributed by atoms with Crippen molar-refractivity contribution in [1.29, 1.82) is 0 Å². The van der Waals surface area contributed by atoms with Gasteiger partial charge in [0, 0.05) is 23.3 Å². The van der Waals surface area contributed by atoms with Crippen molar-refractivity contribution in [3.8, 4) is 0 Å². The smallest absolute Gasteiger partial charge is 0.261 e. The maximum atomic E-state index is 12.7. The SMILES string of the molecule is O=C(Nc1ccc(Cl)cc1)C1=C(O)CCc2c1nc1ccccn21. The van der Waals surface area contributed by atoms with Gasteiger partial charge in [0.25, 0.3) is 5.91 Å². The van der Waals surface area contributed by atoms with Gasteiger partial charge in [0.05, 0.1) is 5.69 Å². The average Bonchev–Trinajstić information content (AvgIpc) is 2.95. The second kappa shape index (κ2) is 5.69. The lowest BCUT2D eigenvalue weighted by molar-refractivity contribution is -0.111. The molecule has 0 atom stereocenters. The zero-order valence-corrected chi connectivity index (χ0v) is 13.4. The Hall–Kier alpha value is -2.79. The second-order valence-electron chi connectivity index (χ2n) is 5.62. The van der Waals surface area contributed by atoms with E-state index in [1.54, 1.807) is 24.3 Å². The Morgan fingerprint density at radius 1 is 1.17 bits per heavy atom. The number of allylic oxidation sites excluding steroid dienone is 1. The minimum atomic E-state index is -0.376. The zero-order valence-electron chi connectivity index (χ0n) is 12.7. The van der Waals surface area contributed by atoms with Crippen LogP contribution in [0, 0.1) is 0 Å². The molecule has 1 aromatic carbocycles. The third kappa shape index (κ3) is 2.43. The van der Waals surface area contributed by atoms with Crippen LogP contribution in [0.5, 0.6) is 0 Å². The Kier molecular flexibility index (Phi) is 3.50. The molecule has 0 saturated carbocycles. The van der Waals surface area contributed by atoms with Gasteiger partial charge in [-0.15, -0.1) is 0 Å². The number of carbonyl (C=O) groups excluding carboxylic acids is 1. The molecular weight excluding hydrogens is 326 g/mol. The summed E-state index contributed by atoms with van der Waals surface area (Å²) >= 11 is 5.86. The third-order valence-corrected chi connectivity index (χ3v) is 4.33. The first-order valence-electron chi connectivity index (χ1n) is 7.59. The molecule has 5 nitrogen and oxygen atoms in total. The van der Waals surface area contributed by atoms with Crippen LogP contribution < -0.4 is 5.32 Å². The zero-order chi connectivity index (χ0) is 16.7. The Morgan fingerprint density at radius 2 is 1.96 bits per heavy atom. The largest absolute Gasteiger partial charge is 0.511 e. The number of hydrogen-bond donors (Lipinski definition) is 2. The molecule has 0 radical (unpaired) electrons. The van der Waals surface area contributed by atoms with Crippen molar-refractivity contribution in [2.45, 2.75) is 12.8 Å². The predicted molar refractivity (Wildman–Crippen MR) is 93.1 cm³/mol. The van der Waals surface area contributed by atoms with Gasteiger partial charge in [-0.25, -0.2) is 4.98 Å². The van der Waals surface area contributed by atoms with Gasteiger partial charge in [0.15, 0.2) is 0 Å². The predicted octanol–water partition coefficient (Wildman–Crippen LogP) is 3.84. The summed E-state index contributed by atoms with van der Waals surface area (Å²) < 4.78 is 1.96. The van der Waals surface area contributed by atoms with E-state index in [4.69, 9.17) is 11.6 Å². The first-order chi connectivity index (χ1) is 11.6. The Bertz CT molecular complexity index is 974. The summed E-state index contributed by atoms with van der Waals surface area (Å²) in [6.45, 7) is 0. The normalized spacial score (nSPS) is 13.9. The lowest BCUT2D eigenvalue weighted by Crippen LogP contribution is -2.19. The number of nitrogens with zero attached hydrogens (tertiary/aromatic N) is 2. The highest BCUT2D eigenvalue weighted by atomic mass is 35.5. The number of amides is 1. The van der Waals surface area contributed by atoms with E-state index in [1.807, 2.05) is 28.8 Å². The topological polar surface area (TPSA) is 66.6 Å². The molecule has 0 bridgehead atoms. The van der Waals surface area contributed by atoms with Crippen molar-refractivity contribution in [2.75, 3.05) is 5.32 Å². The van der Waals surface area contributed by atoms with Crippen LogP contribution in [-0.2, 0) is 11.2 Å². The molecule has 120 valence electrons. The summed E-state index contributed by atoms with van der Waals surface area (Å²) in [5.41, 5.74) is 3.07. The van der Waals surface area contributed by atoms with Crippen LogP contribution in [0.3, 0.4) is 0 Å². The van der Waals surface area contributed by atoms with E-state index < -0.39 is 0 Å². The van der Waals surface area contributed by atoms with Crippen molar-refractivity contribution >= 4 is 34.4 Å². The maximum Gasteiger partial charge on any atom is 0.261 e. The molecule has 2 aromatic heterocycles. The molecule has 0 aliphatic heterocycles. The second-order valence-corrected chi connectivity index (χ2v) is 6.06. The van der Waals surface area contributed by atoms with E-state index in [0.29, 0.717) is 29.2 Å². The van der Waals surface area contributed by atoms with Crippen LogP contribution in [0.1, 0.15) is 17.8 Å². The van der Waals surface area contributed by atoms with Gasteiger partial charge in [0.2, 0.25) is 0 Å². The average molecular weight is 340 g/mol. The number of aryl methyl sites for hydroxylation is 1. The van der Waals surface area contributed by atoms with Crippen LogP contribution in [0.4, 0.5) is 5.69 Å². The Morgan fingerprint density at radius 3 is 2.75 bits per heavy atom. The van der Waals surface area contributed by atoms with Crippen molar-refractivity contribution < 1.29 is 9.90 Å². The first kappa shape index (κ1) is 14.8. The fourth-order valence-electron chi connectivity index (χ4n) is 2.95. The van der Waals surface area contributed by atoms with Crippen LogP contribution >= 0.6 is 11.6 Å². The van der Waals surface area contributed by atoms with Gasteiger partial charge in [-0.2, -0.15) is 0 Å². The number of nitrogens with one attached hydrogen (secondary N) is 1. The number of anilines is 1. The lowest BCUT2D eigenvalue weighted by Gasteiger charge is -2.16. The van der Waals surface area contributed by atoms with Gasteiger partial charge in [-0.3, -0.25) is 4.79 Å². The molecule has 6 heteroatoms. The highest BCUT2D eigenvalue weighted by molar-refractivity contribution is 6.30. The van der Waals surface area contributed by atoms with Gasteiger partial charge >= 0.3 is 0 Å². The number of aliphatic hydroxyl groups is 1. The molecule has 1 amide bonds. The highest BCUT2D eigenvalue weighted by Gasteiger charge is 2.28. The lowest BCUT2D eigenvalue weighted by atomic mass is 9.97. The van der Waals surface area contributed by atoms with E-state index in [0.717, 1.165) is 11.3 Å². The van der Waals surface area contributed by atoms with E-state index in [1.165, 1.54) is 0 Å². The third-order valence-electron chi connectivity index (χ3n) is 4.08. The molecule has 2 heterocycles. The molecule has 1 aliphatic carbocycles. The highest BCUT2D eigenvalue weighted by Crippen LogP contribution is 2.31. The molecule has 0 saturated heterocycles. The van der Waals surface area contributed by atoms with Gasteiger partial charge in [-0.1, -0.05) is 17.7 Å². The molecule has 2 N–H and O–H groups in total. The molecule has 3 aromatic rings. The van der Waals surface area contributed by atoms with Crippen molar-refractivity contribution in [1.82, 2.24) is 9.38 Å². The minimum absolute atomic E-state index is 0.0670. The first-order valence-corrected chi connectivity index (χ1v) is 7.96. The van der Waals surface area contributed by atoms with Gasteiger partial charge < -0.3 is 14.8 Å². The quantitative estimate of drug-likeness (QED) is 0.745. The fraction of sp³-hybridized carbons (Fsp3) is 0.111. The molecule has 0 spiro atoms. The number of aromatic nitrogens is 2. The molecule has 0 unspecified atom stereocenters. The number of carbonyl (C=O) groups is 1. The monoisotopic (exact) mass is 339 g/mol. The summed E-state index contributed by atoms with van der Waals surface area (Å²) in [5.74, 6) is -0.309. The summed E-state index contributed by atoms with van der Waals surface area (Å²) in [5, 5.41) is 13.7. The van der Waals surface area contributed by atoms with Crippen LogP contribution in [-0.4, -0.2) is 20.4 Å². The van der Waals surface area contributed by atoms with Gasteiger partial charge in [-0.05, 0) is 42.8 Å². The summed E-state index contributed by atoms with van der Waals surface area (Å²) in [6, 6.07) is 12.5. The standard InChI is InChI=1S/C18H14ClN3O2/c19-11-4-6-12(7-5-11)20-18(24)16-14(23)9-8-13-17(16)21-15-3-1-2-10-22(13)15/h1-7,10,23H,8-9H2,(H,20,24). The molecule has 4 rings (SSSR count). The fourth-order valence-corrected chi connectivity index (χ4v) is 3.08. The van der Waals surface area contributed by atoms with Crippen molar-refractivity contribution in [3.05, 3.63) is 70.8 Å². The number of hydrogen-bond acceptors (Lipinski definition) is 3. The Balaban J connectivity index is 1.74. The van der Waals surface area contributed by atoms with E-state index in [-0.39, 0.29) is 17.2 Å². The minimum Gasteiger partial charge on any atom is -0.511 e. The molecule has 1 aliphatic rings. The van der Waals surface area contributed by atoms with Crippen LogP contribution in [0.2, 0.25) is 5.02 Å². The molecule has 24 heavy (non-hydrogen) atoms. The van der Waals surface area contributed by atoms with E-state index in [9.17, 15) is 9.90 Å². The number of pyridine rings is 1. The summed E-state index contributed by atoms with van der Waals surface area (Å²) in [7, 11) is 0. The van der Waals surface area contributed by atoms with E-state index in [2.05, 4.69) is 10.3 Å². The summed E-state index contributed by atoms with van der Waals surface area (Å²) in [6.07, 6.45) is 2.97. The number of rotatable bonds is 2. The van der Waals surface area contributed by atoms with E-state index >= 15 is 0 Å². The number of benzene rings is 1. The number of fused-ring (bicyclic) bond motifs is 3. The maximum absolute atomic E-state index is 12.7. The molecular formula is C18H14ClN3O2. The van der Waals surface area contributed by atoms with Crippen LogP contribution in [0.15, 0.2) is 54.4 Å². The van der Waals surface area contributed by atoms with Gasteiger partial charge in [0.1, 0.15) is 22.7 Å². The number of halogens is 1. The summed E-state index contributed by atoms with van der Waals surface area (Å²) in [4.78, 5) is 17.2. The number of aliphatic hydroxyl groups excluding tert-OH is 1. The van der Waals surface area contributed by atoms with Crippen LogP contribution in [0.25, 0.3) is 11.2 Å². The molecule has 0 fully saturated rings.